The summed E-state index contributed by atoms with van der Waals surface area (Å²) in [4.78, 5) is 8.69. The number of nitrogens with zero attached hydrogens (tertiary/aromatic N) is 2. The maximum atomic E-state index is 5.92. The smallest absolute Gasteiger partial charge is 0.242 e. The van der Waals surface area contributed by atoms with E-state index in [1.165, 1.54) is 12.8 Å². The molecule has 88 valence electrons. The Bertz CT molecular complexity index is 376. The lowest BCUT2D eigenvalue weighted by Gasteiger charge is -2.11. The molecule has 0 aliphatic heterocycles. The van der Waals surface area contributed by atoms with Gasteiger partial charge in [0.1, 0.15) is 11.5 Å². The van der Waals surface area contributed by atoms with E-state index in [-0.39, 0.29) is 0 Å². The molecule has 5 heteroatoms. The van der Waals surface area contributed by atoms with Crippen LogP contribution in [0.2, 0.25) is 0 Å². The van der Waals surface area contributed by atoms with Crippen LogP contribution in [0.15, 0.2) is 0 Å². The molecule has 1 aliphatic carbocycles. The van der Waals surface area contributed by atoms with E-state index in [4.69, 9.17) is 10.5 Å². The van der Waals surface area contributed by atoms with E-state index in [9.17, 15) is 0 Å². The van der Waals surface area contributed by atoms with Crippen molar-refractivity contribution in [1.29, 1.82) is 0 Å². The molecule has 0 aromatic carbocycles. The molecule has 1 aromatic heterocycles. The first-order valence-electron chi connectivity index (χ1n) is 5.71. The van der Waals surface area contributed by atoms with Crippen molar-refractivity contribution in [2.75, 3.05) is 18.2 Å². The van der Waals surface area contributed by atoms with E-state index in [0.29, 0.717) is 17.6 Å². The Morgan fingerprint density at radius 1 is 1.44 bits per heavy atom. The van der Waals surface area contributed by atoms with Crippen LogP contribution >= 0.6 is 0 Å². The number of hydrogen-bond donors (Lipinski definition) is 2. The Kier molecular flexibility index (Phi) is 3.12. The van der Waals surface area contributed by atoms with Crippen molar-refractivity contribution < 1.29 is 4.74 Å². The van der Waals surface area contributed by atoms with Gasteiger partial charge >= 0.3 is 0 Å². The summed E-state index contributed by atoms with van der Waals surface area (Å²) in [5, 5.41) is 3.30. The van der Waals surface area contributed by atoms with E-state index >= 15 is 0 Å². The first-order chi connectivity index (χ1) is 7.74. The third-order valence-corrected chi connectivity index (χ3v) is 2.54. The van der Waals surface area contributed by atoms with Crippen LogP contribution in [0.1, 0.15) is 32.0 Å². The number of hydrogen-bond acceptors (Lipinski definition) is 5. The van der Waals surface area contributed by atoms with Crippen molar-refractivity contribution in [3.63, 3.8) is 0 Å². The average Bonchev–Trinajstić information content (AvgIpc) is 3.07. The van der Waals surface area contributed by atoms with Gasteiger partial charge in [0, 0.05) is 12.5 Å². The minimum atomic E-state index is 0.474. The lowest BCUT2D eigenvalue weighted by molar-refractivity contribution is 0.397. The zero-order chi connectivity index (χ0) is 11.5. The van der Waals surface area contributed by atoms with Crippen molar-refractivity contribution in [1.82, 2.24) is 9.97 Å². The number of nitrogens with one attached hydrogen (secondary N) is 1. The maximum Gasteiger partial charge on any atom is 0.242 e. The molecule has 0 atom stereocenters. The van der Waals surface area contributed by atoms with Crippen LogP contribution in [0.3, 0.4) is 0 Å². The highest BCUT2D eigenvalue weighted by Gasteiger charge is 2.23. The summed E-state index contributed by atoms with van der Waals surface area (Å²) >= 11 is 0. The normalized spacial score (nSPS) is 14.9. The molecule has 0 bridgehead atoms. The predicted octanol–water partition coefficient (Wildman–Crippen LogP) is 1.59. The van der Waals surface area contributed by atoms with E-state index in [2.05, 4.69) is 22.2 Å². The van der Waals surface area contributed by atoms with Crippen LogP contribution in [0.25, 0.3) is 0 Å². The highest BCUT2D eigenvalue weighted by molar-refractivity contribution is 5.67. The topological polar surface area (TPSA) is 73.1 Å². The molecule has 0 radical (unpaired) electrons. The van der Waals surface area contributed by atoms with E-state index < -0.39 is 0 Å². The highest BCUT2D eigenvalue weighted by atomic mass is 16.5. The van der Waals surface area contributed by atoms with Crippen LogP contribution in [-0.4, -0.2) is 23.1 Å². The lowest BCUT2D eigenvalue weighted by Crippen LogP contribution is -2.11. The second-order valence-corrected chi connectivity index (χ2v) is 4.08. The summed E-state index contributed by atoms with van der Waals surface area (Å²) in [6.45, 7) is 2.10. The number of ether oxygens (including phenoxy) is 1. The Hall–Kier alpha value is -1.52. The van der Waals surface area contributed by atoms with Gasteiger partial charge in [-0.1, -0.05) is 6.92 Å². The third kappa shape index (κ3) is 2.35. The van der Waals surface area contributed by atoms with Crippen molar-refractivity contribution in [2.45, 2.75) is 38.6 Å². The molecule has 1 heterocycles. The number of aromatic nitrogens is 2. The Morgan fingerprint density at radius 2 is 2.19 bits per heavy atom. The van der Waals surface area contributed by atoms with Crippen LogP contribution in [0.5, 0.6) is 5.88 Å². The van der Waals surface area contributed by atoms with Crippen LogP contribution < -0.4 is 15.8 Å². The lowest BCUT2D eigenvalue weighted by atomic mass is 10.3. The van der Waals surface area contributed by atoms with Gasteiger partial charge in [0.25, 0.3) is 0 Å². The fourth-order valence-electron chi connectivity index (χ4n) is 1.52. The molecule has 5 nitrogen and oxygen atoms in total. The minimum absolute atomic E-state index is 0.474. The molecule has 0 spiro atoms. The van der Waals surface area contributed by atoms with Crippen molar-refractivity contribution in [3.05, 3.63) is 5.82 Å². The van der Waals surface area contributed by atoms with Gasteiger partial charge in [0.2, 0.25) is 5.88 Å². The molecule has 0 amide bonds. The highest BCUT2D eigenvalue weighted by Crippen LogP contribution is 2.31. The molecular weight excluding hydrogens is 204 g/mol. The SMILES string of the molecule is CCCc1nc(NC2CC2)c(N)c(OC)n1. The van der Waals surface area contributed by atoms with Gasteiger partial charge in [-0.3, -0.25) is 0 Å². The number of nitrogen functional groups attached to an aromatic ring is 1. The summed E-state index contributed by atoms with van der Waals surface area (Å²) in [6.07, 6.45) is 4.23. The minimum Gasteiger partial charge on any atom is -0.479 e. The van der Waals surface area contributed by atoms with Gasteiger partial charge < -0.3 is 15.8 Å². The molecule has 1 aromatic rings. The number of aryl methyl sites for hydroxylation is 1. The van der Waals surface area contributed by atoms with Gasteiger partial charge in [-0.25, -0.2) is 4.98 Å². The Balaban J connectivity index is 2.27. The molecule has 1 saturated carbocycles. The predicted molar refractivity (Wildman–Crippen MR) is 63.6 cm³/mol. The fourth-order valence-corrected chi connectivity index (χ4v) is 1.52. The number of methoxy groups -OCH3 is 1. The molecule has 0 unspecified atom stereocenters. The molecule has 0 saturated heterocycles. The Morgan fingerprint density at radius 3 is 2.75 bits per heavy atom. The number of nitrogens with two attached hydrogens (primary N) is 1. The van der Waals surface area contributed by atoms with Crippen molar-refractivity contribution in [2.24, 2.45) is 0 Å². The van der Waals surface area contributed by atoms with E-state index in [1.54, 1.807) is 7.11 Å². The zero-order valence-corrected chi connectivity index (χ0v) is 9.79. The summed E-state index contributed by atoms with van der Waals surface area (Å²) in [7, 11) is 1.58. The standard InChI is InChI=1S/C11H18N4O/c1-3-4-8-14-10(13-7-5-6-7)9(12)11(15-8)16-2/h7H,3-6,12H2,1-2H3,(H,13,14,15). The van der Waals surface area contributed by atoms with E-state index in [0.717, 1.165) is 24.5 Å². The monoisotopic (exact) mass is 222 g/mol. The van der Waals surface area contributed by atoms with Gasteiger partial charge in [-0.2, -0.15) is 4.98 Å². The maximum absolute atomic E-state index is 5.92. The molecule has 16 heavy (non-hydrogen) atoms. The van der Waals surface area contributed by atoms with Crippen LogP contribution in [0.4, 0.5) is 11.5 Å². The second-order valence-electron chi connectivity index (χ2n) is 4.08. The molecule has 3 N–H and O–H groups in total. The molecule has 1 aliphatic rings. The van der Waals surface area contributed by atoms with Gasteiger partial charge in [-0.15, -0.1) is 0 Å². The summed E-state index contributed by atoms with van der Waals surface area (Å²) < 4.78 is 5.16. The summed E-state index contributed by atoms with van der Waals surface area (Å²) in [5.41, 5.74) is 6.43. The molecule has 2 rings (SSSR count). The van der Waals surface area contributed by atoms with Gasteiger partial charge in [0.15, 0.2) is 5.82 Å². The average molecular weight is 222 g/mol. The van der Waals surface area contributed by atoms with E-state index in [1.807, 2.05) is 0 Å². The fraction of sp³-hybridized carbons (Fsp3) is 0.636. The third-order valence-electron chi connectivity index (χ3n) is 2.54. The number of anilines is 2. The Labute approximate surface area is 95.4 Å². The van der Waals surface area contributed by atoms with Crippen molar-refractivity contribution >= 4 is 11.5 Å². The summed E-state index contributed by atoms with van der Waals surface area (Å²) in [5.74, 6) is 1.98. The first kappa shape index (κ1) is 11.0. The van der Waals surface area contributed by atoms with Gasteiger partial charge in [-0.05, 0) is 19.3 Å². The van der Waals surface area contributed by atoms with Crippen LogP contribution in [-0.2, 0) is 6.42 Å². The molecular formula is C11H18N4O. The first-order valence-corrected chi connectivity index (χ1v) is 5.71. The zero-order valence-electron chi connectivity index (χ0n) is 9.79. The van der Waals surface area contributed by atoms with Gasteiger partial charge in [0.05, 0.1) is 7.11 Å². The largest absolute Gasteiger partial charge is 0.479 e. The summed E-state index contributed by atoms with van der Waals surface area (Å²) in [6, 6.07) is 0.524. The van der Waals surface area contributed by atoms with Crippen LogP contribution in [0, 0.1) is 0 Å². The number of rotatable bonds is 5. The quantitative estimate of drug-likeness (QED) is 0.791. The second kappa shape index (κ2) is 4.55. The van der Waals surface area contributed by atoms with Crippen molar-refractivity contribution in [3.8, 4) is 5.88 Å². The molecule has 1 fully saturated rings.